The highest BCUT2D eigenvalue weighted by molar-refractivity contribution is 7.80. The molecule has 0 aliphatic carbocycles. The van der Waals surface area contributed by atoms with Gasteiger partial charge in [0.25, 0.3) is 0 Å². The molecule has 3 rings (SSSR count). The zero-order valence-electron chi connectivity index (χ0n) is 16.4. The van der Waals surface area contributed by atoms with Crippen molar-refractivity contribution in [3.05, 3.63) is 100 Å². The van der Waals surface area contributed by atoms with Crippen LogP contribution in [-0.4, -0.2) is 41.5 Å². The van der Waals surface area contributed by atoms with Crippen LogP contribution in [0.5, 0.6) is 0 Å². The summed E-state index contributed by atoms with van der Waals surface area (Å²) in [5.74, 6) is 0. The Morgan fingerprint density at radius 3 is 1.83 bits per heavy atom. The number of rotatable bonds is 7. The third-order valence-corrected chi connectivity index (χ3v) is 5.63. The second kappa shape index (κ2) is 9.91. The lowest BCUT2D eigenvalue weighted by Gasteiger charge is -2.15. The number of hydrogen-bond acceptors (Lipinski definition) is 5. The maximum absolute atomic E-state index is 5.48. The van der Waals surface area contributed by atoms with Gasteiger partial charge in [0.1, 0.15) is 4.99 Å². The molecule has 0 atom stereocenters. The van der Waals surface area contributed by atoms with E-state index in [0.717, 1.165) is 26.6 Å². The molecule has 0 unspecified atom stereocenters. The molecule has 0 bridgehead atoms. The van der Waals surface area contributed by atoms with Crippen molar-refractivity contribution in [2.45, 2.75) is 0 Å². The summed E-state index contributed by atoms with van der Waals surface area (Å²) in [6.07, 6.45) is 3.64. The monoisotopic (exact) mass is 418 g/mol. The number of thiophene rings is 1. The quantitative estimate of drug-likeness (QED) is 0.295. The highest BCUT2D eigenvalue weighted by atomic mass is 32.1. The summed E-state index contributed by atoms with van der Waals surface area (Å²) in [6.45, 7) is 4.11. The summed E-state index contributed by atoms with van der Waals surface area (Å²) in [5.41, 5.74) is 2.86. The van der Waals surface area contributed by atoms with E-state index in [0.29, 0.717) is 4.99 Å². The predicted octanol–water partition coefficient (Wildman–Crippen LogP) is 5.33. The molecule has 0 aliphatic heterocycles. The first kappa shape index (κ1) is 20.6. The van der Waals surface area contributed by atoms with Crippen molar-refractivity contribution >= 4 is 46.7 Å². The van der Waals surface area contributed by atoms with E-state index in [1.54, 1.807) is 21.4 Å². The zero-order chi connectivity index (χ0) is 20.6. The maximum atomic E-state index is 5.48. The number of benzene rings is 2. The summed E-state index contributed by atoms with van der Waals surface area (Å²) in [6, 6.07) is 23.9. The molecule has 146 valence electrons. The Balaban J connectivity index is 1.60. The van der Waals surface area contributed by atoms with Gasteiger partial charge in [-0.2, -0.15) is 10.2 Å². The van der Waals surface area contributed by atoms with Gasteiger partial charge in [-0.25, -0.2) is 0 Å². The smallest absolute Gasteiger partial charge is 0.129 e. The van der Waals surface area contributed by atoms with Gasteiger partial charge in [-0.1, -0.05) is 79.5 Å². The highest BCUT2D eigenvalue weighted by Gasteiger charge is 2.05. The number of nitrogens with zero attached hydrogens (tertiary/aromatic N) is 4. The first-order valence-electron chi connectivity index (χ1n) is 9.03. The zero-order valence-corrected chi connectivity index (χ0v) is 18.0. The van der Waals surface area contributed by atoms with Crippen LogP contribution in [0.15, 0.2) is 89.6 Å². The molecule has 29 heavy (non-hydrogen) atoms. The van der Waals surface area contributed by atoms with E-state index < -0.39 is 0 Å². The molecule has 3 aromatic rings. The average Bonchev–Trinajstić information content (AvgIpc) is 3.23. The molecule has 0 amide bonds. The molecule has 0 saturated carbocycles. The molecular weight excluding hydrogens is 396 g/mol. The molecule has 1 aromatic heterocycles. The third-order valence-electron chi connectivity index (χ3n) is 4.18. The molecule has 0 N–H and O–H groups in total. The van der Waals surface area contributed by atoms with Gasteiger partial charge >= 0.3 is 0 Å². The summed E-state index contributed by atoms with van der Waals surface area (Å²) in [7, 11) is 3.74. The van der Waals surface area contributed by atoms with Gasteiger partial charge in [0.15, 0.2) is 0 Å². The molecule has 4 nitrogen and oxygen atoms in total. The first-order chi connectivity index (χ1) is 14.0. The molecular formula is C23H22N4S2. The predicted molar refractivity (Wildman–Crippen MR) is 129 cm³/mol. The Morgan fingerprint density at radius 2 is 1.28 bits per heavy atom. The van der Waals surface area contributed by atoms with Crippen LogP contribution in [0.25, 0.3) is 5.70 Å². The number of thiocarbonyl (C=S) groups is 1. The second-order valence-electron chi connectivity index (χ2n) is 6.26. The lowest BCUT2D eigenvalue weighted by molar-refractivity contribution is 0.521. The van der Waals surface area contributed by atoms with E-state index in [4.69, 9.17) is 12.2 Å². The van der Waals surface area contributed by atoms with Crippen molar-refractivity contribution in [2.75, 3.05) is 14.1 Å². The number of hydrogen-bond donors (Lipinski definition) is 0. The van der Waals surface area contributed by atoms with Crippen LogP contribution in [0.4, 0.5) is 0 Å². The Labute approximate surface area is 181 Å². The van der Waals surface area contributed by atoms with Crippen LogP contribution in [0.1, 0.15) is 20.9 Å². The minimum absolute atomic E-state index is 0.682. The first-order valence-corrected chi connectivity index (χ1v) is 10.3. The summed E-state index contributed by atoms with van der Waals surface area (Å²) in [5, 5.41) is 12.4. The largest absolute Gasteiger partial charge is 0.269 e. The van der Waals surface area contributed by atoms with Crippen molar-refractivity contribution < 1.29 is 0 Å². The van der Waals surface area contributed by atoms with Crippen LogP contribution < -0.4 is 0 Å². The normalized spacial score (nSPS) is 11.1. The molecule has 0 radical (unpaired) electrons. The van der Waals surface area contributed by atoms with Gasteiger partial charge in [0.2, 0.25) is 0 Å². The average molecular weight is 419 g/mol. The van der Waals surface area contributed by atoms with E-state index in [9.17, 15) is 0 Å². The Kier molecular flexibility index (Phi) is 7.05. The van der Waals surface area contributed by atoms with Crippen molar-refractivity contribution in [3.8, 4) is 0 Å². The fraction of sp³-hybridized carbons (Fsp3) is 0.0870. The topological polar surface area (TPSA) is 31.2 Å². The lowest BCUT2D eigenvalue weighted by atomic mass is 10.2. The summed E-state index contributed by atoms with van der Waals surface area (Å²) in [4.78, 5) is 2.74. The fourth-order valence-corrected chi connectivity index (χ4v) is 3.43. The summed E-state index contributed by atoms with van der Waals surface area (Å²) < 4.78 is 0. The molecule has 1 heterocycles. The molecule has 0 spiro atoms. The van der Waals surface area contributed by atoms with Gasteiger partial charge in [0, 0.05) is 29.4 Å². The Hall–Kier alpha value is -3.09. The van der Waals surface area contributed by atoms with Crippen molar-refractivity contribution in [2.24, 2.45) is 10.2 Å². The second-order valence-corrected chi connectivity index (χ2v) is 7.79. The molecule has 0 saturated heterocycles. The maximum Gasteiger partial charge on any atom is 0.129 e. The Bertz CT molecular complexity index is 941. The van der Waals surface area contributed by atoms with Gasteiger partial charge in [-0.3, -0.25) is 10.0 Å². The third kappa shape index (κ3) is 5.70. The lowest BCUT2D eigenvalue weighted by Crippen LogP contribution is -2.19. The van der Waals surface area contributed by atoms with E-state index in [1.807, 2.05) is 99.3 Å². The van der Waals surface area contributed by atoms with Crippen LogP contribution in [0.2, 0.25) is 0 Å². The van der Waals surface area contributed by atoms with E-state index in [1.165, 1.54) is 0 Å². The molecule has 6 heteroatoms. The minimum Gasteiger partial charge on any atom is -0.269 e. The highest BCUT2D eigenvalue weighted by Crippen LogP contribution is 2.17. The van der Waals surface area contributed by atoms with Gasteiger partial charge < -0.3 is 0 Å². The van der Waals surface area contributed by atoms with Crippen molar-refractivity contribution in [1.29, 1.82) is 0 Å². The summed E-state index contributed by atoms with van der Waals surface area (Å²) >= 11 is 7.09. The molecule has 0 aliphatic rings. The fourth-order valence-electron chi connectivity index (χ4n) is 2.50. The van der Waals surface area contributed by atoms with Crippen LogP contribution in [0, 0.1) is 0 Å². The molecule has 0 fully saturated rings. The SMILES string of the molecule is C=C(c1ccccc1)N(C)/N=C/c1ccc(/C=N/N(C)C(=S)c2ccccc2)s1. The van der Waals surface area contributed by atoms with Gasteiger partial charge in [-0.05, 0) is 17.7 Å². The van der Waals surface area contributed by atoms with E-state index in [-0.39, 0.29) is 0 Å². The minimum atomic E-state index is 0.682. The van der Waals surface area contributed by atoms with Crippen molar-refractivity contribution in [1.82, 2.24) is 10.0 Å². The van der Waals surface area contributed by atoms with Gasteiger partial charge in [0.05, 0.1) is 18.1 Å². The van der Waals surface area contributed by atoms with Gasteiger partial charge in [-0.15, -0.1) is 11.3 Å². The van der Waals surface area contributed by atoms with Crippen LogP contribution in [-0.2, 0) is 0 Å². The van der Waals surface area contributed by atoms with E-state index >= 15 is 0 Å². The Morgan fingerprint density at radius 1 is 0.793 bits per heavy atom. The van der Waals surface area contributed by atoms with E-state index in [2.05, 4.69) is 16.8 Å². The van der Waals surface area contributed by atoms with Crippen molar-refractivity contribution in [3.63, 3.8) is 0 Å². The van der Waals surface area contributed by atoms with Crippen LogP contribution in [0.3, 0.4) is 0 Å². The standard InChI is InChI=1S/C23H22N4S2/c1-18(19-10-6-4-7-11-19)26(2)24-16-21-14-15-22(29-21)17-25-27(3)23(28)20-12-8-5-9-13-20/h4-17H,1H2,2-3H3/b24-16+,25-17+. The van der Waals surface area contributed by atoms with Crippen LogP contribution >= 0.6 is 23.6 Å². The molecule has 2 aromatic carbocycles. The number of hydrazone groups is 2.